The van der Waals surface area contributed by atoms with Crippen molar-refractivity contribution in [1.29, 1.82) is 0 Å². The largest absolute Gasteiger partial charge is 0.471 e. The van der Waals surface area contributed by atoms with Crippen molar-refractivity contribution in [1.82, 2.24) is 9.97 Å². The Morgan fingerprint density at radius 2 is 2.33 bits per heavy atom. The zero-order valence-electron chi connectivity index (χ0n) is 9.87. The van der Waals surface area contributed by atoms with Crippen molar-refractivity contribution in [3.8, 4) is 5.88 Å². The van der Waals surface area contributed by atoms with E-state index in [1.165, 1.54) is 12.5 Å². The van der Waals surface area contributed by atoms with E-state index in [-0.39, 0.29) is 11.6 Å². The van der Waals surface area contributed by atoms with Crippen LogP contribution in [-0.2, 0) is 0 Å². The lowest BCUT2D eigenvalue weighted by atomic mass is 9.91. The summed E-state index contributed by atoms with van der Waals surface area (Å²) < 4.78 is 5.44. The van der Waals surface area contributed by atoms with Crippen molar-refractivity contribution < 1.29 is 4.74 Å². The number of ether oxygens (including phenoxy) is 1. The van der Waals surface area contributed by atoms with Gasteiger partial charge in [-0.3, -0.25) is 0 Å². The molecule has 7 nitrogen and oxygen atoms in total. The number of hydrogen-bond donors (Lipinski definition) is 2. The Kier molecular flexibility index (Phi) is 3.63. The molecule has 1 heterocycles. The molecule has 0 aliphatic heterocycles. The van der Waals surface area contributed by atoms with Crippen LogP contribution in [-0.4, -0.2) is 22.2 Å². The van der Waals surface area contributed by atoms with Crippen LogP contribution in [0, 0.1) is 4.91 Å². The third-order valence-electron chi connectivity index (χ3n) is 2.83. The fraction of sp³-hybridized carbons (Fsp3) is 0.455. The Morgan fingerprint density at radius 1 is 1.50 bits per heavy atom. The number of hydrogen-bond acceptors (Lipinski definition) is 7. The molecule has 0 spiro atoms. The molecule has 1 aromatic rings. The standard InChI is InChI=1S/C11H15N5O2/c12-11(13)3-1-8(2-4-11)6-18-10-9(16-17)5-14-7-15-10/h1,5,7H,2-4,6,12-13H2. The quantitative estimate of drug-likeness (QED) is 0.466. The molecule has 1 aromatic heterocycles. The second kappa shape index (κ2) is 5.19. The first-order valence-corrected chi connectivity index (χ1v) is 5.62. The molecule has 1 aliphatic rings. The highest BCUT2D eigenvalue weighted by molar-refractivity contribution is 5.43. The van der Waals surface area contributed by atoms with Gasteiger partial charge in [-0.1, -0.05) is 6.08 Å². The van der Waals surface area contributed by atoms with Crippen LogP contribution in [0.3, 0.4) is 0 Å². The lowest BCUT2D eigenvalue weighted by molar-refractivity contribution is 0.316. The van der Waals surface area contributed by atoms with Crippen molar-refractivity contribution in [3.63, 3.8) is 0 Å². The summed E-state index contributed by atoms with van der Waals surface area (Å²) in [5.41, 5.74) is 12.2. The van der Waals surface area contributed by atoms with Gasteiger partial charge in [0, 0.05) is 0 Å². The number of rotatable bonds is 4. The highest BCUT2D eigenvalue weighted by atomic mass is 16.5. The summed E-state index contributed by atoms with van der Waals surface area (Å²) in [5, 5.41) is 2.80. The summed E-state index contributed by atoms with van der Waals surface area (Å²) in [7, 11) is 0. The van der Waals surface area contributed by atoms with Crippen LogP contribution in [0.2, 0.25) is 0 Å². The third-order valence-corrected chi connectivity index (χ3v) is 2.83. The van der Waals surface area contributed by atoms with Gasteiger partial charge < -0.3 is 16.2 Å². The first-order chi connectivity index (χ1) is 8.61. The highest BCUT2D eigenvalue weighted by Crippen LogP contribution is 2.25. The van der Waals surface area contributed by atoms with Crippen LogP contribution in [0.4, 0.5) is 5.69 Å². The van der Waals surface area contributed by atoms with Gasteiger partial charge in [0.25, 0.3) is 0 Å². The fourth-order valence-electron chi connectivity index (χ4n) is 1.71. The molecule has 0 saturated heterocycles. The molecule has 2 rings (SSSR count). The van der Waals surface area contributed by atoms with E-state index >= 15 is 0 Å². The summed E-state index contributed by atoms with van der Waals surface area (Å²) in [4.78, 5) is 18.1. The molecule has 0 fully saturated rings. The van der Waals surface area contributed by atoms with Gasteiger partial charge in [0.05, 0.1) is 11.9 Å². The monoisotopic (exact) mass is 249 g/mol. The molecule has 4 N–H and O–H groups in total. The van der Waals surface area contributed by atoms with E-state index in [4.69, 9.17) is 16.2 Å². The first kappa shape index (κ1) is 12.6. The average Bonchev–Trinajstić information content (AvgIpc) is 2.38. The van der Waals surface area contributed by atoms with Crippen LogP contribution in [0.15, 0.2) is 29.4 Å². The second-order valence-corrected chi connectivity index (χ2v) is 4.39. The Hall–Kier alpha value is -1.86. The van der Waals surface area contributed by atoms with Crippen LogP contribution in [0.5, 0.6) is 5.88 Å². The van der Waals surface area contributed by atoms with Crippen molar-refractivity contribution in [2.45, 2.75) is 24.9 Å². The van der Waals surface area contributed by atoms with Gasteiger partial charge >= 0.3 is 0 Å². The summed E-state index contributed by atoms with van der Waals surface area (Å²) in [6.07, 6.45) is 6.71. The van der Waals surface area contributed by atoms with E-state index in [2.05, 4.69) is 15.1 Å². The maximum Gasteiger partial charge on any atom is 0.247 e. The first-order valence-electron chi connectivity index (χ1n) is 5.62. The van der Waals surface area contributed by atoms with Crippen LogP contribution >= 0.6 is 0 Å². The minimum Gasteiger partial charge on any atom is -0.471 e. The summed E-state index contributed by atoms with van der Waals surface area (Å²) in [6.45, 7) is 0.357. The smallest absolute Gasteiger partial charge is 0.247 e. The number of nitrogens with zero attached hydrogens (tertiary/aromatic N) is 3. The van der Waals surface area contributed by atoms with Crippen molar-refractivity contribution in [2.75, 3.05) is 6.61 Å². The normalized spacial score (nSPS) is 18.0. The molecule has 18 heavy (non-hydrogen) atoms. The minimum absolute atomic E-state index is 0.0981. The van der Waals surface area contributed by atoms with Crippen molar-refractivity contribution >= 4 is 5.69 Å². The zero-order chi connectivity index (χ0) is 13.0. The van der Waals surface area contributed by atoms with Crippen molar-refractivity contribution in [3.05, 3.63) is 29.1 Å². The maximum atomic E-state index is 10.5. The number of nitrogens with two attached hydrogens (primary N) is 2. The van der Waals surface area contributed by atoms with Gasteiger partial charge in [-0.25, -0.2) is 4.98 Å². The molecular weight excluding hydrogens is 234 g/mol. The lowest BCUT2D eigenvalue weighted by Gasteiger charge is -2.28. The van der Waals surface area contributed by atoms with E-state index < -0.39 is 5.66 Å². The molecular formula is C11H15N5O2. The van der Waals surface area contributed by atoms with Gasteiger partial charge in [-0.15, -0.1) is 4.91 Å². The third kappa shape index (κ3) is 3.08. The summed E-state index contributed by atoms with van der Waals surface area (Å²) >= 11 is 0. The average molecular weight is 249 g/mol. The molecule has 0 radical (unpaired) electrons. The van der Waals surface area contributed by atoms with Crippen LogP contribution in [0.25, 0.3) is 0 Å². The van der Waals surface area contributed by atoms with Crippen molar-refractivity contribution in [2.24, 2.45) is 16.6 Å². The Labute approximate surface area is 104 Å². The SMILES string of the molecule is NC1(N)CC=C(COc2ncncc2N=O)CC1. The molecule has 0 atom stereocenters. The van der Waals surface area contributed by atoms with Crippen LogP contribution in [0.1, 0.15) is 19.3 Å². The number of nitroso groups, excluding NO2 is 1. The van der Waals surface area contributed by atoms with E-state index in [9.17, 15) is 4.91 Å². The Bertz CT molecular complexity index is 472. The van der Waals surface area contributed by atoms with Gasteiger partial charge in [-0.2, -0.15) is 4.98 Å². The fourth-order valence-corrected chi connectivity index (χ4v) is 1.71. The lowest BCUT2D eigenvalue weighted by Crippen LogP contribution is -2.50. The highest BCUT2D eigenvalue weighted by Gasteiger charge is 2.22. The van der Waals surface area contributed by atoms with Gasteiger partial charge in [0.2, 0.25) is 5.88 Å². The summed E-state index contributed by atoms with van der Waals surface area (Å²) in [5.74, 6) is 0.193. The van der Waals surface area contributed by atoms with Gasteiger partial charge in [0.1, 0.15) is 12.9 Å². The molecule has 96 valence electrons. The molecule has 0 saturated carbocycles. The minimum atomic E-state index is -0.617. The maximum absolute atomic E-state index is 10.5. The summed E-state index contributed by atoms with van der Waals surface area (Å²) in [6, 6.07) is 0. The van der Waals surface area contributed by atoms with Gasteiger partial charge in [-0.05, 0) is 30.0 Å². The molecule has 1 aliphatic carbocycles. The Balaban J connectivity index is 1.96. The molecule has 0 bridgehead atoms. The Morgan fingerprint density at radius 3 is 3.00 bits per heavy atom. The van der Waals surface area contributed by atoms with Gasteiger partial charge in [0.15, 0.2) is 5.69 Å². The molecule has 0 amide bonds. The van der Waals surface area contributed by atoms with E-state index in [0.717, 1.165) is 12.0 Å². The number of aromatic nitrogens is 2. The molecule has 7 heteroatoms. The predicted molar refractivity (Wildman–Crippen MR) is 66.0 cm³/mol. The second-order valence-electron chi connectivity index (χ2n) is 4.39. The van der Waals surface area contributed by atoms with Crippen LogP contribution < -0.4 is 16.2 Å². The topological polar surface area (TPSA) is 116 Å². The van der Waals surface area contributed by atoms with E-state index in [1.807, 2.05) is 6.08 Å². The molecule has 0 aromatic carbocycles. The molecule has 0 unspecified atom stereocenters. The predicted octanol–water partition coefficient (Wildman–Crippen LogP) is 0.977. The van der Waals surface area contributed by atoms with E-state index in [1.54, 1.807) is 0 Å². The zero-order valence-corrected chi connectivity index (χ0v) is 9.87. The van der Waals surface area contributed by atoms with E-state index in [0.29, 0.717) is 19.4 Å².